The van der Waals surface area contributed by atoms with E-state index in [1.807, 2.05) is 32.0 Å². The van der Waals surface area contributed by atoms with Gasteiger partial charge in [-0.2, -0.15) is 0 Å². The number of nitrogens with zero attached hydrogens (tertiary/aromatic N) is 1. The molecule has 1 aliphatic heterocycles. The highest BCUT2D eigenvalue weighted by Gasteiger charge is 2.29. The summed E-state index contributed by atoms with van der Waals surface area (Å²) in [6, 6.07) is 11.9. The highest BCUT2D eigenvalue weighted by atomic mass is 32.2. The summed E-state index contributed by atoms with van der Waals surface area (Å²) in [6.07, 6.45) is 2.42. The van der Waals surface area contributed by atoms with Crippen molar-refractivity contribution in [2.45, 2.75) is 31.6 Å². The van der Waals surface area contributed by atoms with E-state index in [1.54, 1.807) is 17.0 Å². The minimum atomic E-state index is -3.28. The number of carbonyl (C=O) groups excluding carboxylic acids is 2. The summed E-state index contributed by atoms with van der Waals surface area (Å²) in [5.74, 6) is -0.0439. The van der Waals surface area contributed by atoms with Gasteiger partial charge < -0.3 is 4.90 Å². The molecule has 1 amide bonds. The molecule has 0 spiro atoms. The van der Waals surface area contributed by atoms with Crippen LogP contribution in [-0.4, -0.2) is 44.4 Å². The molecule has 0 atom stereocenters. The van der Waals surface area contributed by atoms with E-state index in [0.717, 1.165) is 22.9 Å². The van der Waals surface area contributed by atoms with Gasteiger partial charge in [-0.15, -0.1) is 0 Å². The molecule has 1 aliphatic rings. The fourth-order valence-corrected chi connectivity index (χ4v) is 4.31. The van der Waals surface area contributed by atoms with Crippen LogP contribution in [0, 0.1) is 19.8 Å². The Hall–Kier alpha value is -2.47. The van der Waals surface area contributed by atoms with Crippen molar-refractivity contribution in [3.05, 3.63) is 64.7 Å². The van der Waals surface area contributed by atoms with Gasteiger partial charge in [0.05, 0.1) is 4.90 Å². The normalized spacial score (nSPS) is 15.5. The van der Waals surface area contributed by atoms with Crippen molar-refractivity contribution >= 4 is 21.5 Å². The molecular formula is C22H25NO4S. The van der Waals surface area contributed by atoms with Crippen LogP contribution in [0.1, 0.15) is 44.7 Å². The third kappa shape index (κ3) is 4.33. The Morgan fingerprint density at radius 1 is 0.964 bits per heavy atom. The van der Waals surface area contributed by atoms with Crippen molar-refractivity contribution in [2.75, 3.05) is 19.3 Å². The van der Waals surface area contributed by atoms with E-state index in [4.69, 9.17) is 0 Å². The average molecular weight is 400 g/mol. The molecule has 0 bridgehead atoms. The van der Waals surface area contributed by atoms with Crippen LogP contribution in [0.4, 0.5) is 0 Å². The Morgan fingerprint density at radius 3 is 2.11 bits per heavy atom. The molecule has 0 radical (unpaired) electrons. The molecule has 6 heteroatoms. The van der Waals surface area contributed by atoms with Gasteiger partial charge in [0.2, 0.25) is 0 Å². The van der Waals surface area contributed by atoms with Crippen molar-refractivity contribution in [2.24, 2.45) is 5.92 Å². The van der Waals surface area contributed by atoms with Crippen LogP contribution in [0.2, 0.25) is 0 Å². The first-order chi connectivity index (χ1) is 13.2. The number of Topliss-reactive ketones (excluding diaryl/α,β-unsaturated/α-hetero) is 1. The Labute approximate surface area is 166 Å². The molecule has 148 valence electrons. The quantitative estimate of drug-likeness (QED) is 0.739. The summed E-state index contributed by atoms with van der Waals surface area (Å²) >= 11 is 0. The molecule has 3 rings (SSSR count). The third-order valence-corrected chi connectivity index (χ3v) is 6.46. The number of piperidine rings is 1. The Morgan fingerprint density at radius 2 is 1.57 bits per heavy atom. The van der Waals surface area contributed by atoms with Gasteiger partial charge in [-0.3, -0.25) is 9.59 Å². The van der Waals surface area contributed by atoms with Crippen molar-refractivity contribution in [3.63, 3.8) is 0 Å². The molecule has 28 heavy (non-hydrogen) atoms. The summed E-state index contributed by atoms with van der Waals surface area (Å²) < 4.78 is 23.1. The SMILES string of the molecule is Cc1ccc(C(=O)C2CCN(C(=O)c3ccc(S(C)(=O)=O)cc3)CC2)c(C)c1. The number of hydrogen-bond acceptors (Lipinski definition) is 4. The Kier molecular flexibility index (Phi) is 5.70. The van der Waals surface area contributed by atoms with Crippen LogP contribution in [0.5, 0.6) is 0 Å². The van der Waals surface area contributed by atoms with Crippen LogP contribution >= 0.6 is 0 Å². The van der Waals surface area contributed by atoms with Crippen molar-refractivity contribution in [1.29, 1.82) is 0 Å². The van der Waals surface area contributed by atoms with Gasteiger partial charge in [-0.1, -0.05) is 23.8 Å². The lowest BCUT2D eigenvalue weighted by molar-refractivity contribution is 0.0650. The first-order valence-corrected chi connectivity index (χ1v) is 11.3. The topological polar surface area (TPSA) is 71.5 Å². The number of carbonyl (C=O) groups is 2. The second-order valence-corrected chi connectivity index (χ2v) is 9.56. The standard InChI is InChI=1S/C22H25NO4S/c1-15-4-9-20(16(2)14-15)21(24)17-10-12-23(13-11-17)22(25)18-5-7-19(8-6-18)28(3,26)27/h4-9,14,17H,10-13H2,1-3H3. The lowest BCUT2D eigenvalue weighted by Crippen LogP contribution is -2.40. The van der Waals surface area contributed by atoms with E-state index in [2.05, 4.69) is 0 Å². The fourth-order valence-electron chi connectivity index (χ4n) is 3.68. The molecule has 0 aromatic heterocycles. The molecule has 1 fully saturated rings. The van der Waals surface area contributed by atoms with Gasteiger partial charge >= 0.3 is 0 Å². The van der Waals surface area contributed by atoms with Crippen LogP contribution in [-0.2, 0) is 9.84 Å². The molecule has 2 aromatic rings. The second-order valence-electron chi connectivity index (χ2n) is 7.55. The van der Waals surface area contributed by atoms with E-state index in [1.165, 1.54) is 12.1 Å². The first kappa shape index (κ1) is 20.3. The number of hydrogen-bond donors (Lipinski definition) is 0. The third-order valence-electron chi connectivity index (χ3n) is 5.33. The molecule has 5 nitrogen and oxygen atoms in total. The Bertz CT molecular complexity index is 1000. The smallest absolute Gasteiger partial charge is 0.253 e. The van der Waals surface area contributed by atoms with Crippen LogP contribution < -0.4 is 0 Å². The van der Waals surface area contributed by atoms with E-state index in [0.29, 0.717) is 31.5 Å². The van der Waals surface area contributed by atoms with Gasteiger partial charge in [-0.25, -0.2) is 8.42 Å². The number of benzene rings is 2. The zero-order valence-electron chi connectivity index (χ0n) is 16.4. The number of rotatable bonds is 4. The lowest BCUT2D eigenvalue weighted by Gasteiger charge is -2.31. The van der Waals surface area contributed by atoms with Gasteiger partial charge in [-0.05, 0) is 56.5 Å². The van der Waals surface area contributed by atoms with E-state index in [-0.39, 0.29) is 22.5 Å². The van der Waals surface area contributed by atoms with E-state index < -0.39 is 9.84 Å². The minimum Gasteiger partial charge on any atom is -0.339 e. The van der Waals surface area contributed by atoms with Crippen molar-refractivity contribution < 1.29 is 18.0 Å². The van der Waals surface area contributed by atoms with E-state index >= 15 is 0 Å². The van der Waals surface area contributed by atoms with E-state index in [9.17, 15) is 18.0 Å². The predicted octanol–water partition coefficient (Wildman–Crippen LogP) is 3.44. The molecule has 0 aliphatic carbocycles. The number of amides is 1. The fraction of sp³-hybridized carbons (Fsp3) is 0.364. The van der Waals surface area contributed by atoms with Crippen molar-refractivity contribution in [1.82, 2.24) is 4.90 Å². The average Bonchev–Trinajstić information content (AvgIpc) is 2.66. The molecule has 2 aromatic carbocycles. The zero-order valence-corrected chi connectivity index (χ0v) is 17.3. The molecule has 1 heterocycles. The van der Waals surface area contributed by atoms with Gasteiger partial charge in [0.15, 0.2) is 15.6 Å². The van der Waals surface area contributed by atoms with Gasteiger partial charge in [0.1, 0.15) is 0 Å². The number of likely N-dealkylation sites (tertiary alicyclic amines) is 1. The molecule has 0 N–H and O–H groups in total. The molecule has 0 unspecified atom stereocenters. The molecular weight excluding hydrogens is 374 g/mol. The van der Waals surface area contributed by atoms with Crippen LogP contribution in [0.3, 0.4) is 0 Å². The highest BCUT2D eigenvalue weighted by molar-refractivity contribution is 7.90. The monoisotopic (exact) mass is 399 g/mol. The van der Waals surface area contributed by atoms with Gasteiger partial charge in [0.25, 0.3) is 5.91 Å². The largest absolute Gasteiger partial charge is 0.339 e. The number of sulfone groups is 1. The van der Waals surface area contributed by atoms with Crippen LogP contribution in [0.15, 0.2) is 47.4 Å². The summed E-state index contributed by atoms with van der Waals surface area (Å²) in [6.45, 7) is 5.01. The second kappa shape index (κ2) is 7.87. The highest BCUT2D eigenvalue weighted by Crippen LogP contribution is 2.25. The predicted molar refractivity (Wildman–Crippen MR) is 108 cm³/mol. The summed E-state index contributed by atoms with van der Waals surface area (Å²) in [7, 11) is -3.28. The lowest BCUT2D eigenvalue weighted by atomic mass is 9.87. The van der Waals surface area contributed by atoms with Gasteiger partial charge in [0, 0.05) is 36.4 Å². The van der Waals surface area contributed by atoms with Crippen LogP contribution in [0.25, 0.3) is 0 Å². The zero-order chi connectivity index (χ0) is 20.5. The maximum absolute atomic E-state index is 12.8. The maximum Gasteiger partial charge on any atom is 0.253 e. The minimum absolute atomic E-state index is 0.0712. The van der Waals surface area contributed by atoms with Crippen molar-refractivity contribution in [3.8, 4) is 0 Å². The Balaban J connectivity index is 1.64. The number of aryl methyl sites for hydroxylation is 2. The summed E-state index contributed by atoms with van der Waals surface area (Å²) in [5, 5.41) is 0. The molecule has 1 saturated heterocycles. The summed E-state index contributed by atoms with van der Waals surface area (Å²) in [5.41, 5.74) is 3.36. The maximum atomic E-state index is 12.8. The molecule has 0 saturated carbocycles. The first-order valence-electron chi connectivity index (χ1n) is 9.37. The summed E-state index contributed by atoms with van der Waals surface area (Å²) in [4.78, 5) is 27.5. The number of ketones is 1.